The minimum atomic E-state index is 0. The van der Waals surface area contributed by atoms with Gasteiger partial charge in [-0.2, -0.15) is 0 Å². The average molecular weight is 260 g/mol. The molecular weight excluding hydrogens is 242 g/mol. The van der Waals surface area contributed by atoms with Crippen LogP contribution in [0.5, 0.6) is 11.5 Å². The number of halogens is 1. The molecule has 1 saturated heterocycles. The first-order valence-electron chi connectivity index (χ1n) is 5.38. The summed E-state index contributed by atoms with van der Waals surface area (Å²) in [6, 6.07) is 5.99. The van der Waals surface area contributed by atoms with Crippen LogP contribution in [0.3, 0.4) is 0 Å². The van der Waals surface area contributed by atoms with Gasteiger partial charge in [0.15, 0.2) is 0 Å². The van der Waals surface area contributed by atoms with Gasteiger partial charge in [-0.25, -0.2) is 0 Å². The molecule has 0 aliphatic carbocycles. The van der Waals surface area contributed by atoms with Crippen LogP contribution in [-0.2, 0) is 4.74 Å². The average Bonchev–Trinajstić information content (AvgIpc) is 2.39. The lowest BCUT2D eigenvalue weighted by atomic mass is 10.1. The minimum Gasteiger partial charge on any atom is -0.497 e. The number of benzene rings is 1. The molecule has 1 N–H and O–H groups in total. The molecule has 0 amide bonds. The number of nitrogens with one attached hydrogen (secondary N) is 1. The Morgan fingerprint density at radius 2 is 2.12 bits per heavy atom. The Balaban J connectivity index is 0.00000144. The van der Waals surface area contributed by atoms with Crippen molar-refractivity contribution in [3.05, 3.63) is 23.8 Å². The first-order chi connectivity index (χ1) is 7.85. The number of morpholine rings is 1. The van der Waals surface area contributed by atoms with E-state index in [4.69, 9.17) is 14.2 Å². The van der Waals surface area contributed by atoms with Crippen molar-refractivity contribution in [2.75, 3.05) is 34.0 Å². The Morgan fingerprint density at radius 3 is 2.71 bits per heavy atom. The van der Waals surface area contributed by atoms with Gasteiger partial charge in [0, 0.05) is 12.1 Å². The Hall–Kier alpha value is -0.970. The van der Waals surface area contributed by atoms with Crippen molar-refractivity contribution >= 4 is 12.4 Å². The molecule has 2 rings (SSSR count). The van der Waals surface area contributed by atoms with E-state index in [0.717, 1.165) is 30.2 Å². The molecule has 1 aromatic carbocycles. The summed E-state index contributed by atoms with van der Waals surface area (Å²) in [4.78, 5) is 0. The van der Waals surface area contributed by atoms with Crippen LogP contribution in [0.25, 0.3) is 0 Å². The molecule has 96 valence electrons. The molecule has 0 radical (unpaired) electrons. The van der Waals surface area contributed by atoms with E-state index in [1.807, 2.05) is 18.2 Å². The fourth-order valence-electron chi connectivity index (χ4n) is 1.88. The van der Waals surface area contributed by atoms with Gasteiger partial charge in [-0.05, 0) is 18.2 Å². The summed E-state index contributed by atoms with van der Waals surface area (Å²) in [5.41, 5.74) is 1.08. The summed E-state index contributed by atoms with van der Waals surface area (Å²) in [7, 11) is 3.34. The first kappa shape index (κ1) is 14.1. The molecule has 0 bridgehead atoms. The van der Waals surface area contributed by atoms with E-state index >= 15 is 0 Å². The third-order valence-electron chi connectivity index (χ3n) is 2.73. The second kappa shape index (κ2) is 6.69. The van der Waals surface area contributed by atoms with Crippen molar-refractivity contribution in [1.82, 2.24) is 5.32 Å². The maximum Gasteiger partial charge on any atom is 0.123 e. The van der Waals surface area contributed by atoms with Crippen molar-refractivity contribution in [3.63, 3.8) is 0 Å². The van der Waals surface area contributed by atoms with Crippen molar-refractivity contribution in [3.8, 4) is 11.5 Å². The van der Waals surface area contributed by atoms with Crippen molar-refractivity contribution in [2.45, 2.75) is 6.04 Å². The quantitative estimate of drug-likeness (QED) is 0.898. The van der Waals surface area contributed by atoms with Gasteiger partial charge in [0.05, 0.1) is 33.5 Å². The van der Waals surface area contributed by atoms with Crippen LogP contribution in [-0.4, -0.2) is 34.0 Å². The number of hydrogen-bond donors (Lipinski definition) is 1. The van der Waals surface area contributed by atoms with Gasteiger partial charge in [0.1, 0.15) is 11.5 Å². The molecule has 1 fully saturated rings. The van der Waals surface area contributed by atoms with Gasteiger partial charge in [-0.15, -0.1) is 12.4 Å². The zero-order chi connectivity index (χ0) is 11.4. The smallest absolute Gasteiger partial charge is 0.123 e. The SMILES string of the molecule is COc1ccc(OC)c([C@@H]2COCCN2)c1.Cl. The molecule has 0 aromatic heterocycles. The van der Waals surface area contributed by atoms with Crippen molar-refractivity contribution in [2.24, 2.45) is 0 Å². The Bertz CT molecular complexity index is 354. The molecule has 1 heterocycles. The maximum atomic E-state index is 5.45. The fraction of sp³-hybridized carbons (Fsp3) is 0.500. The Morgan fingerprint density at radius 1 is 1.29 bits per heavy atom. The first-order valence-corrected chi connectivity index (χ1v) is 5.38. The highest BCUT2D eigenvalue weighted by atomic mass is 35.5. The summed E-state index contributed by atoms with van der Waals surface area (Å²) in [5.74, 6) is 1.70. The largest absolute Gasteiger partial charge is 0.497 e. The highest BCUT2D eigenvalue weighted by Crippen LogP contribution is 2.30. The third kappa shape index (κ3) is 3.25. The number of ether oxygens (including phenoxy) is 3. The molecule has 1 aliphatic heterocycles. The molecule has 1 aliphatic rings. The highest BCUT2D eigenvalue weighted by molar-refractivity contribution is 5.85. The van der Waals surface area contributed by atoms with Gasteiger partial charge < -0.3 is 19.5 Å². The molecule has 1 aromatic rings. The summed E-state index contributed by atoms with van der Waals surface area (Å²) >= 11 is 0. The second-order valence-corrected chi connectivity index (χ2v) is 3.69. The molecule has 17 heavy (non-hydrogen) atoms. The van der Waals surface area contributed by atoms with E-state index in [9.17, 15) is 0 Å². The predicted octanol–water partition coefficient (Wildman–Crippen LogP) is 1.79. The lowest BCUT2D eigenvalue weighted by molar-refractivity contribution is 0.0760. The van der Waals surface area contributed by atoms with Crippen LogP contribution in [0.15, 0.2) is 18.2 Å². The zero-order valence-electron chi connectivity index (χ0n) is 10.1. The summed E-state index contributed by atoms with van der Waals surface area (Å²) in [5, 5.41) is 3.40. The van der Waals surface area contributed by atoms with Crippen molar-refractivity contribution in [1.29, 1.82) is 0 Å². The number of methoxy groups -OCH3 is 2. The van der Waals surface area contributed by atoms with Crippen LogP contribution in [0.1, 0.15) is 11.6 Å². The molecule has 4 nitrogen and oxygen atoms in total. The van der Waals surface area contributed by atoms with E-state index in [-0.39, 0.29) is 18.4 Å². The van der Waals surface area contributed by atoms with Gasteiger partial charge in [-0.1, -0.05) is 0 Å². The zero-order valence-corrected chi connectivity index (χ0v) is 10.9. The Kier molecular flexibility index (Phi) is 5.55. The molecular formula is C12H18ClNO3. The van der Waals surface area contributed by atoms with E-state index in [1.165, 1.54) is 0 Å². The van der Waals surface area contributed by atoms with Crippen LogP contribution < -0.4 is 14.8 Å². The molecule has 5 heteroatoms. The fourth-order valence-corrected chi connectivity index (χ4v) is 1.88. The van der Waals surface area contributed by atoms with E-state index in [0.29, 0.717) is 6.61 Å². The summed E-state index contributed by atoms with van der Waals surface area (Å²) in [6.45, 7) is 2.30. The molecule has 0 spiro atoms. The number of hydrogen-bond acceptors (Lipinski definition) is 4. The third-order valence-corrected chi connectivity index (χ3v) is 2.73. The lowest BCUT2D eigenvalue weighted by Crippen LogP contribution is -2.34. The standard InChI is InChI=1S/C12H17NO3.ClH/c1-14-9-3-4-12(15-2)10(7-9)11-8-16-6-5-13-11;/h3-4,7,11,13H,5-6,8H2,1-2H3;1H/t11-;/m0./s1. The van der Waals surface area contributed by atoms with Gasteiger partial charge in [0.2, 0.25) is 0 Å². The van der Waals surface area contributed by atoms with Gasteiger partial charge in [0.25, 0.3) is 0 Å². The van der Waals surface area contributed by atoms with Crippen LogP contribution in [0, 0.1) is 0 Å². The number of rotatable bonds is 3. The maximum absolute atomic E-state index is 5.45. The topological polar surface area (TPSA) is 39.7 Å². The van der Waals surface area contributed by atoms with Gasteiger partial charge >= 0.3 is 0 Å². The monoisotopic (exact) mass is 259 g/mol. The van der Waals surface area contributed by atoms with E-state index < -0.39 is 0 Å². The second-order valence-electron chi connectivity index (χ2n) is 3.69. The normalized spacial score (nSPS) is 19.3. The Labute approximate surface area is 108 Å². The summed E-state index contributed by atoms with van der Waals surface area (Å²) < 4.78 is 16.0. The van der Waals surface area contributed by atoms with Crippen molar-refractivity contribution < 1.29 is 14.2 Å². The lowest BCUT2D eigenvalue weighted by Gasteiger charge is -2.25. The van der Waals surface area contributed by atoms with Gasteiger partial charge in [-0.3, -0.25) is 0 Å². The summed E-state index contributed by atoms with van der Waals surface area (Å²) in [6.07, 6.45) is 0. The minimum absolute atomic E-state index is 0. The molecule has 0 saturated carbocycles. The highest BCUT2D eigenvalue weighted by Gasteiger charge is 2.19. The predicted molar refractivity (Wildman–Crippen MR) is 68.4 cm³/mol. The van der Waals surface area contributed by atoms with E-state index in [2.05, 4.69) is 5.32 Å². The molecule has 0 unspecified atom stereocenters. The van der Waals surface area contributed by atoms with Crippen LogP contribution >= 0.6 is 12.4 Å². The van der Waals surface area contributed by atoms with Crippen LogP contribution in [0.2, 0.25) is 0 Å². The van der Waals surface area contributed by atoms with Crippen LogP contribution in [0.4, 0.5) is 0 Å². The van der Waals surface area contributed by atoms with E-state index in [1.54, 1.807) is 14.2 Å². The molecule has 1 atom stereocenters.